The number of carbonyl (C=O) groups is 2. The van der Waals surface area contributed by atoms with Gasteiger partial charge in [0.2, 0.25) is 5.91 Å². The molecule has 0 saturated carbocycles. The van der Waals surface area contributed by atoms with Crippen molar-refractivity contribution in [3.8, 4) is 11.4 Å². The van der Waals surface area contributed by atoms with Gasteiger partial charge in [-0.05, 0) is 73.9 Å². The van der Waals surface area contributed by atoms with Crippen molar-refractivity contribution in [3.63, 3.8) is 0 Å². The number of carbonyl (C=O) groups excluding carboxylic acids is 2. The molecule has 2 aromatic carbocycles. The van der Waals surface area contributed by atoms with Crippen LogP contribution in [0.3, 0.4) is 0 Å². The Balaban J connectivity index is 1.28. The van der Waals surface area contributed by atoms with Gasteiger partial charge >= 0.3 is 6.09 Å². The van der Waals surface area contributed by atoms with Gasteiger partial charge in [-0.2, -0.15) is 15.3 Å². The number of amides is 2. The van der Waals surface area contributed by atoms with Gasteiger partial charge in [0.15, 0.2) is 5.82 Å². The minimum Gasteiger partial charge on any atom is -0.443 e. The lowest BCUT2D eigenvalue weighted by Crippen LogP contribution is -2.34. The summed E-state index contributed by atoms with van der Waals surface area (Å²) < 4.78 is 5.74. The Kier molecular flexibility index (Phi) is 6.62. The number of nitrogens with zero attached hydrogens (tertiary/aromatic N) is 7. The molecule has 5 aromatic rings. The summed E-state index contributed by atoms with van der Waals surface area (Å²) in [6.45, 7) is 6.49. The summed E-state index contributed by atoms with van der Waals surface area (Å²) in [5, 5.41) is 15.5. The van der Waals surface area contributed by atoms with Crippen LogP contribution >= 0.6 is 0 Å². The zero-order chi connectivity index (χ0) is 28.6. The van der Waals surface area contributed by atoms with Crippen LogP contribution in [0, 0.1) is 0 Å². The van der Waals surface area contributed by atoms with E-state index in [1.807, 2.05) is 62.1 Å². The SMILES string of the molecule is CC(C)(C)OC(=O)N(c1ccc2[nH]ncc2c1)c1ccnc(-c2ccc3c(c2)CN(C(=O)Cc2ccnnc2)C3)n1. The molecule has 0 atom stereocenters. The number of aromatic amines is 1. The second-order valence-corrected chi connectivity index (χ2v) is 10.9. The second kappa shape index (κ2) is 10.4. The van der Waals surface area contributed by atoms with E-state index in [1.165, 1.54) is 4.90 Å². The standard InChI is InChI=1S/C30H28N8O3/c1-30(2,3)41-29(40)38(24-6-7-25-22(14-24)16-34-36-25)26-9-10-31-28(35-26)20-4-5-21-17-37(18-23(21)13-20)27(39)12-19-8-11-32-33-15-19/h4-11,13-16H,12,17-18H2,1-3H3,(H,34,36). The fraction of sp³-hybridized carbons (Fsp3) is 0.233. The number of aromatic nitrogens is 6. The van der Waals surface area contributed by atoms with E-state index >= 15 is 0 Å². The van der Waals surface area contributed by atoms with Crippen molar-refractivity contribution >= 4 is 34.4 Å². The molecule has 0 unspecified atom stereocenters. The van der Waals surface area contributed by atoms with Gasteiger partial charge in [-0.3, -0.25) is 9.89 Å². The average molecular weight is 549 g/mol. The first kappa shape index (κ1) is 26.1. The molecule has 0 spiro atoms. The molecule has 0 bridgehead atoms. The zero-order valence-electron chi connectivity index (χ0n) is 22.9. The second-order valence-electron chi connectivity index (χ2n) is 10.9. The molecular weight excluding hydrogens is 520 g/mol. The van der Waals surface area contributed by atoms with Crippen LogP contribution in [0.2, 0.25) is 0 Å². The summed E-state index contributed by atoms with van der Waals surface area (Å²) >= 11 is 0. The molecule has 0 radical (unpaired) electrons. The van der Waals surface area contributed by atoms with Crippen molar-refractivity contribution in [2.75, 3.05) is 4.90 Å². The van der Waals surface area contributed by atoms with Gasteiger partial charge in [0.1, 0.15) is 11.4 Å². The highest BCUT2D eigenvalue weighted by molar-refractivity contribution is 5.97. The first-order valence-electron chi connectivity index (χ1n) is 13.2. The van der Waals surface area contributed by atoms with Gasteiger partial charge in [0, 0.05) is 36.4 Å². The largest absolute Gasteiger partial charge is 0.443 e. The molecule has 1 aliphatic heterocycles. The fourth-order valence-electron chi connectivity index (χ4n) is 4.74. The third-order valence-electron chi connectivity index (χ3n) is 6.67. The van der Waals surface area contributed by atoms with Crippen molar-refractivity contribution in [1.29, 1.82) is 0 Å². The molecule has 0 saturated heterocycles. The molecule has 206 valence electrons. The topological polar surface area (TPSA) is 130 Å². The quantitative estimate of drug-likeness (QED) is 0.326. The summed E-state index contributed by atoms with van der Waals surface area (Å²) in [6, 6.07) is 14.9. The molecule has 6 rings (SSSR count). The maximum absolute atomic E-state index is 13.4. The van der Waals surface area contributed by atoms with Crippen LogP contribution in [0.1, 0.15) is 37.5 Å². The smallest absolute Gasteiger partial charge is 0.420 e. The van der Waals surface area contributed by atoms with Gasteiger partial charge in [-0.15, -0.1) is 0 Å². The van der Waals surface area contributed by atoms with Crippen LogP contribution in [0.4, 0.5) is 16.3 Å². The molecule has 1 aliphatic rings. The highest BCUT2D eigenvalue weighted by Gasteiger charge is 2.28. The van der Waals surface area contributed by atoms with Crippen molar-refractivity contribution < 1.29 is 14.3 Å². The van der Waals surface area contributed by atoms with E-state index in [0.717, 1.165) is 33.2 Å². The van der Waals surface area contributed by atoms with Gasteiger partial charge in [0.25, 0.3) is 0 Å². The molecule has 0 aliphatic carbocycles. The van der Waals surface area contributed by atoms with Gasteiger partial charge in [-0.1, -0.05) is 12.1 Å². The number of fused-ring (bicyclic) bond motifs is 2. The summed E-state index contributed by atoms with van der Waals surface area (Å²) in [5.74, 6) is 0.850. The summed E-state index contributed by atoms with van der Waals surface area (Å²) in [7, 11) is 0. The van der Waals surface area contributed by atoms with Crippen LogP contribution in [0.5, 0.6) is 0 Å². The zero-order valence-corrected chi connectivity index (χ0v) is 22.9. The summed E-state index contributed by atoms with van der Waals surface area (Å²) in [4.78, 5) is 38.9. The monoisotopic (exact) mass is 548 g/mol. The van der Waals surface area contributed by atoms with Crippen molar-refractivity contribution in [1.82, 2.24) is 35.3 Å². The normalized spacial score (nSPS) is 12.8. The molecule has 11 nitrogen and oxygen atoms in total. The Morgan fingerprint density at radius 3 is 2.63 bits per heavy atom. The van der Waals surface area contributed by atoms with Crippen molar-refractivity contribution in [2.45, 2.75) is 45.9 Å². The van der Waals surface area contributed by atoms with Crippen molar-refractivity contribution in [2.24, 2.45) is 0 Å². The highest BCUT2D eigenvalue weighted by atomic mass is 16.6. The number of hydrogen-bond donors (Lipinski definition) is 1. The number of nitrogens with one attached hydrogen (secondary N) is 1. The Labute approximate surface area is 236 Å². The molecule has 3 aromatic heterocycles. The van der Waals surface area contributed by atoms with E-state index in [1.54, 1.807) is 36.9 Å². The maximum Gasteiger partial charge on any atom is 0.420 e. The molecular formula is C30H28N8O3. The van der Waals surface area contributed by atoms with E-state index < -0.39 is 11.7 Å². The first-order chi connectivity index (χ1) is 19.7. The summed E-state index contributed by atoms with van der Waals surface area (Å²) in [6.07, 6.45) is 6.23. The van der Waals surface area contributed by atoms with Crippen molar-refractivity contribution in [3.05, 3.63) is 90.0 Å². The number of ether oxygens (including phenoxy) is 1. The predicted octanol–water partition coefficient (Wildman–Crippen LogP) is 4.97. The Hall–Kier alpha value is -5.19. The predicted molar refractivity (Wildman–Crippen MR) is 152 cm³/mol. The Morgan fingerprint density at radius 2 is 1.83 bits per heavy atom. The Morgan fingerprint density at radius 1 is 0.976 bits per heavy atom. The molecule has 41 heavy (non-hydrogen) atoms. The van der Waals surface area contributed by atoms with E-state index in [4.69, 9.17) is 9.72 Å². The van der Waals surface area contributed by atoms with Gasteiger partial charge in [-0.25, -0.2) is 19.7 Å². The lowest BCUT2D eigenvalue weighted by atomic mass is 10.1. The number of hydrogen-bond acceptors (Lipinski definition) is 8. The van der Waals surface area contributed by atoms with E-state index in [-0.39, 0.29) is 12.3 Å². The summed E-state index contributed by atoms with van der Waals surface area (Å²) in [5.41, 5.74) is 4.46. The lowest BCUT2D eigenvalue weighted by Gasteiger charge is -2.27. The lowest BCUT2D eigenvalue weighted by molar-refractivity contribution is -0.131. The molecule has 4 heterocycles. The number of H-pyrrole nitrogens is 1. The highest BCUT2D eigenvalue weighted by Crippen LogP contribution is 2.32. The molecule has 2 amide bonds. The van der Waals surface area contributed by atoms with Crippen LogP contribution in [0.25, 0.3) is 22.3 Å². The van der Waals surface area contributed by atoms with Crippen LogP contribution in [-0.4, -0.2) is 52.9 Å². The number of rotatable bonds is 5. The average Bonchev–Trinajstić information content (AvgIpc) is 3.59. The molecule has 0 fully saturated rings. The van der Waals surface area contributed by atoms with E-state index in [9.17, 15) is 9.59 Å². The Bertz CT molecular complexity index is 1750. The van der Waals surface area contributed by atoms with Crippen LogP contribution in [0.15, 0.2) is 73.3 Å². The number of benzene rings is 2. The number of anilines is 2. The first-order valence-corrected chi connectivity index (χ1v) is 13.2. The minimum absolute atomic E-state index is 0.0246. The van der Waals surface area contributed by atoms with E-state index in [0.29, 0.717) is 30.4 Å². The van der Waals surface area contributed by atoms with Crippen LogP contribution in [-0.2, 0) is 29.0 Å². The van der Waals surface area contributed by atoms with Gasteiger partial charge in [0.05, 0.1) is 30.0 Å². The van der Waals surface area contributed by atoms with Gasteiger partial charge < -0.3 is 9.64 Å². The molecule has 11 heteroatoms. The third kappa shape index (κ3) is 5.60. The minimum atomic E-state index is -0.706. The molecule has 1 N–H and O–H groups in total. The maximum atomic E-state index is 13.4. The van der Waals surface area contributed by atoms with E-state index in [2.05, 4.69) is 25.4 Å². The fourth-order valence-corrected chi connectivity index (χ4v) is 4.74. The third-order valence-corrected chi connectivity index (χ3v) is 6.67. The van der Waals surface area contributed by atoms with Crippen LogP contribution < -0.4 is 4.90 Å².